The van der Waals surface area contributed by atoms with Crippen LogP contribution in [0.25, 0.3) is 22.2 Å². The number of oxazole rings is 1. The number of sulfone groups is 1. The van der Waals surface area contributed by atoms with Gasteiger partial charge in [-0.1, -0.05) is 30.3 Å². The Hall–Kier alpha value is -4.02. The second-order valence-corrected chi connectivity index (χ2v) is 12.2. The van der Waals surface area contributed by atoms with Crippen LogP contribution in [0.15, 0.2) is 63.9 Å². The summed E-state index contributed by atoms with van der Waals surface area (Å²) >= 11 is 0. The van der Waals surface area contributed by atoms with Gasteiger partial charge in [-0.3, -0.25) is 14.9 Å². The van der Waals surface area contributed by atoms with Crippen molar-refractivity contribution in [2.24, 2.45) is 0 Å². The van der Waals surface area contributed by atoms with Crippen molar-refractivity contribution < 1.29 is 22.4 Å². The van der Waals surface area contributed by atoms with Gasteiger partial charge < -0.3 is 14.2 Å². The highest BCUT2D eigenvalue weighted by molar-refractivity contribution is 7.90. The molecule has 1 fully saturated rings. The third-order valence-corrected chi connectivity index (χ3v) is 8.52. The van der Waals surface area contributed by atoms with Crippen LogP contribution in [0.1, 0.15) is 32.7 Å². The lowest BCUT2D eigenvalue weighted by molar-refractivity contribution is 0.0992. The van der Waals surface area contributed by atoms with Crippen LogP contribution in [0.4, 0.5) is 11.7 Å². The minimum Gasteiger partial charge on any atom is -0.423 e. The molecule has 1 saturated heterocycles. The van der Waals surface area contributed by atoms with Gasteiger partial charge in [0.15, 0.2) is 21.2 Å². The smallest absolute Gasteiger partial charge is 0.302 e. The summed E-state index contributed by atoms with van der Waals surface area (Å²) in [6.07, 6.45) is 2.38. The predicted octanol–water partition coefficient (Wildman–Crippen LogP) is 4.03. The molecule has 1 N–H and O–H groups in total. The van der Waals surface area contributed by atoms with Crippen LogP contribution in [-0.4, -0.2) is 69.5 Å². The molecule has 39 heavy (non-hydrogen) atoms. The molecule has 10 heteroatoms. The molecule has 0 radical (unpaired) electrons. The van der Waals surface area contributed by atoms with E-state index >= 15 is 0 Å². The molecule has 2 aliphatic rings. The first-order chi connectivity index (χ1) is 18.7. The van der Waals surface area contributed by atoms with Gasteiger partial charge in [0.05, 0.1) is 4.90 Å². The Kier molecular flexibility index (Phi) is 6.23. The SMILES string of the molecule is CN1CCN(c2cc(C(=O)Nc3nc4cccc(-c5ccc6c(c5)CCC6=O)c4o3)cc(S(C)(=O)=O)c2)CC1. The number of nitrogens with one attached hydrogen (secondary N) is 1. The van der Waals surface area contributed by atoms with E-state index in [9.17, 15) is 18.0 Å². The molecular formula is C29H28N4O5S. The van der Waals surface area contributed by atoms with Gasteiger partial charge in [0.25, 0.3) is 5.91 Å². The van der Waals surface area contributed by atoms with Gasteiger partial charge >= 0.3 is 6.01 Å². The molecule has 1 amide bonds. The number of carbonyl (C=O) groups is 2. The number of aromatic nitrogens is 1. The molecule has 1 aromatic heterocycles. The number of ketones is 1. The maximum atomic E-state index is 13.3. The second-order valence-electron chi connectivity index (χ2n) is 10.2. The van der Waals surface area contributed by atoms with E-state index in [0.29, 0.717) is 23.2 Å². The highest BCUT2D eigenvalue weighted by Crippen LogP contribution is 2.34. The van der Waals surface area contributed by atoms with Crippen molar-refractivity contribution in [3.05, 3.63) is 71.3 Å². The third kappa shape index (κ3) is 4.93. The summed E-state index contributed by atoms with van der Waals surface area (Å²) in [5.74, 6) is -0.352. The Labute approximate surface area is 226 Å². The van der Waals surface area contributed by atoms with E-state index in [-0.39, 0.29) is 22.3 Å². The average molecular weight is 545 g/mol. The standard InChI is InChI=1S/C29H28N4O5S/c1-32-10-12-33(13-11-32)21-15-20(16-22(17-21)39(2,36)37)28(35)31-29-30-25-5-3-4-24(27(25)38-29)19-6-8-23-18(14-19)7-9-26(23)34/h3-6,8,14-17H,7,9-13H2,1-2H3,(H,30,31,35). The van der Waals surface area contributed by atoms with Crippen molar-refractivity contribution in [1.29, 1.82) is 0 Å². The number of hydrogen-bond acceptors (Lipinski definition) is 8. The van der Waals surface area contributed by atoms with Crippen LogP contribution in [0.3, 0.4) is 0 Å². The minimum absolute atomic E-state index is 0.0182. The molecule has 200 valence electrons. The fourth-order valence-corrected chi connectivity index (χ4v) is 5.87. The normalized spacial score (nSPS) is 16.1. The Morgan fingerprint density at radius 3 is 2.54 bits per heavy atom. The van der Waals surface area contributed by atoms with Crippen molar-refractivity contribution >= 4 is 44.3 Å². The number of nitrogens with zero attached hydrogens (tertiary/aromatic N) is 3. The number of para-hydroxylation sites is 1. The van der Waals surface area contributed by atoms with Gasteiger partial charge in [-0.25, -0.2) is 8.42 Å². The number of benzene rings is 3. The number of anilines is 2. The molecule has 0 saturated carbocycles. The van der Waals surface area contributed by atoms with Crippen LogP contribution >= 0.6 is 0 Å². The van der Waals surface area contributed by atoms with Crippen LogP contribution in [0.5, 0.6) is 0 Å². The average Bonchev–Trinajstić information content (AvgIpc) is 3.50. The van der Waals surface area contributed by atoms with Crippen molar-refractivity contribution in [3.8, 4) is 11.1 Å². The summed E-state index contributed by atoms with van der Waals surface area (Å²) in [5.41, 5.74) is 5.47. The molecule has 9 nitrogen and oxygen atoms in total. The number of aryl methyl sites for hydroxylation is 1. The van der Waals surface area contributed by atoms with E-state index in [1.165, 1.54) is 6.07 Å². The number of likely N-dealkylation sites (N-methyl/N-ethyl adjacent to an activating group) is 1. The molecule has 0 unspecified atom stereocenters. The second kappa shape index (κ2) is 9.62. The Bertz CT molecular complexity index is 1740. The number of amides is 1. The molecule has 1 aliphatic carbocycles. The Morgan fingerprint density at radius 2 is 1.77 bits per heavy atom. The first kappa shape index (κ1) is 25.3. The zero-order valence-electron chi connectivity index (χ0n) is 21.7. The first-order valence-corrected chi connectivity index (χ1v) is 14.7. The Balaban J connectivity index is 1.31. The van der Waals surface area contributed by atoms with E-state index < -0.39 is 15.7 Å². The Morgan fingerprint density at radius 1 is 0.974 bits per heavy atom. The quantitative estimate of drug-likeness (QED) is 0.401. The van der Waals surface area contributed by atoms with Crippen molar-refractivity contribution in [2.75, 3.05) is 49.7 Å². The zero-order valence-corrected chi connectivity index (χ0v) is 22.5. The molecular weight excluding hydrogens is 516 g/mol. The van der Waals surface area contributed by atoms with Crippen LogP contribution in [-0.2, 0) is 16.3 Å². The predicted molar refractivity (Wildman–Crippen MR) is 149 cm³/mol. The number of fused-ring (bicyclic) bond motifs is 2. The van der Waals surface area contributed by atoms with Gasteiger partial charge in [-0.2, -0.15) is 4.98 Å². The molecule has 4 aromatic rings. The minimum atomic E-state index is -3.55. The van der Waals surface area contributed by atoms with Gasteiger partial charge in [0.1, 0.15) is 5.52 Å². The lowest BCUT2D eigenvalue weighted by Gasteiger charge is -2.34. The van der Waals surface area contributed by atoms with Gasteiger partial charge in [-0.05, 0) is 48.9 Å². The lowest BCUT2D eigenvalue weighted by Crippen LogP contribution is -2.44. The monoisotopic (exact) mass is 544 g/mol. The summed E-state index contributed by atoms with van der Waals surface area (Å²) in [5, 5.41) is 2.71. The van der Waals surface area contributed by atoms with E-state index in [2.05, 4.69) is 20.1 Å². The highest BCUT2D eigenvalue weighted by Gasteiger charge is 2.23. The topological polar surface area (TPSA) is 113 Å². The molecule has 3 aromatic carbocycles. The molecule has 6 rings (SSSR count). The zero-order chi connectivity index (χ0) is 27.3. The number of carbonyl (C=O) groups excluding carboxylic acids is 2. The summed E-state index contributed by atoms with van der Waals surface area (Å²) in [7, 11) is -1.50. The van der Waals surface area contributed by atoms with E-state index in [1.54, 1.807) is 18.2 Å². The molecule has 0 bridgehead atoms. The summed E-state index contributed by atoms with van der Waals surface area (Å²) in [6.45, 7) is 3.15. The maximum absolute atomic E-state index is 13.3. The highest BCUT2D eigenvalue weighted by atomic mass is 32.2. The summed E-state index contributed by atoms with van der Waals surface area (Å²) < 4.78 is 30.8. The fraction of sp³-hybridized carbons (Fsp3) is 0.276. The van der Waals surface area contributed by atoms with E-state index in [4.69, 9.17) is 4.42 Å². The number of rotatable bonds is 5. The van der Waals surface area contributed by atoms with E-state index in [0.717, 1.165) is 61.1 Å². The lowest BCUT2D eigenvalue weighted by atomic mass is 10.00. The summed E-state index contributed by atoms with van der Waals surface area (Å²) in [4.78, 5) is 34.2. The van der Waals surface area contributed by atoms with E-state index in [1.807, 2.05) is 37.4 Å². The summed E-state index contributed by atoms with van der Waals surface area (Å²) in [6, 6.07) is 16.0. The fourth-order valence-electron chi connectivity index (χ4n) is 5.20. The number of hydrogen-bond donors (Lipinski definition) is 1. The molecule has 0 spiro atoms. The van der Waals surface area contributed by atoms with Crippen LogP contribution < -0.4 is 10.2 Å². The largest absolute Gasteiger partial charge is 0.423 e. The number of piperazine rings is 1. The van der Waals surface area contributed by atoms with Crippen LogP contribution in [0.2, 0.25) is 0 Å². The van der Waals surface area contributed by atoms with Gasteiger partial charge in [0, 0.05) is 61.2 Å². The number of Topliss-reactive ketones (excluding diaryl/α,β-unsaturated/α-hetero) is 1. The van der Waals surface area contributed by atoms with Crippen LogP contribution in [0, 0.1) is 0 Å². The van der Waals surface area contributed by atoms with Crippen molar-refractivity contribution in [2.45, 2.75) is 17.7 Å². The van der Waals surface area contributed by atoms with Crippen molar-refractivity contribution in [3.63, 3.8) is 0 Å². The third-order valence-electron chi connectivity index (χ3n) is 7.42. The molecule has 1 aliphatic heterocycles. The maximum Gasteiger partial charge on any atom is 0.302 e. The first-order valence-electron chi connectivity index (χ1n) is 12.8. The molecule has 2 heterocycles. The van der Waals surface area contributed by atoms with Gasteiger partial charge in [0.2, 0.25) is 0 Å². The van der Waals surface area contributed by atoms with Gasteiger partial charge in [-0.15, -0.1) is 0 Å². The molecule has 0 atom stereocenters. The van der Waals surface area contributed by atoms with Crippen molar-refractivity contribution in [1.82, 2.24) is 9.88 Å².